The van der Waals surface area contributed by atoms with Gasteiger partial charge < -0.3 is 0 Å². The molecule has 1 fully saturated rings. The van der Waals surface area contributed by atoms with E-state index in [1.165, 1.54) is 51.5 Å². The maximum absolute atomic E-state index is 2.74. The van der Waals surface area contributed by atoms with E-state index in [9.17, 15) is 0 Å². The maximum Gasteiger partial charge on any atom is 0.00979 e. The van der Waals surface area contributed by atoms with Crippen LogP contribution in [0, 0.1) is 0 Å². The third-order valence-electron chi connectivity index (χ3n) is 3.48. The molecule has 0 bridgehead atoms. The molecule has 1 nitrogen and oxygen atoms in total. The monoisotopic (exact) mass is 197 g/mol. The number of hydrogen-bond donors (Lipinski definition) is 0. The van der Waals surface area contributed by atoms with E-state index in [4.69, 9.17) is 0 Å². The number of hydrogen-bond acceptors (Lipinski definition) is 1. The van der Waals surface area contributed by atoms with Gasteiger partial charge in [-0.3, -0.25) is 4.90 Å². The minimum atomic E-state index is 0.740. The van der Waals surface area contributed by atoms with E-state index >= 15 is 0 Å². The van der Waals surface area contributed by atoms with Crippen LogP contribution in [0.4, 0.5) is 0 Å². The van der Waals surface area contributed by atoms with E-state index < -0.39 is 0 Å². The van der Waals surface area contributed by atoms with Crippen molar-refractivity contribution in [2.75, 3.05) is 6.54 Å². The van der Waals surface area contributed by atoms with Crippen molar-refractivity contribution in [3.05, 3.63) is 0 Å². The molecule has 0 spiro atoms. The minimum absolute atomic E-state index is 0.740. The Kier molecular flexibility index (Phi) is 5.54. The number of unbranched alkanes of at least 4 members (excludes halogenated alkanes) is 1. The van der Waals surface area contributed by atoms with Crippen LogP contribution >= 0.6 is 0 Å². The Morgan fingerprint density at radius 1 is 1.14 bits per heavy atom. The second-order valence-corrected chi connectivity index (χ2v) is 4.98. The number of rotatable bonds is 5. The zero-order valence-corrected chi connectivity index (χ0v) is 10.3. The predicted molar refractivity (Wildman–Crippen MR) is 63.6 cm³/mol. The van der Waals surface area contributed by atoms with Crippen molar-refractivity contribution in [1.82, 2.24) is 4.90 Å². The molecule has 84 valence electrons. The van der Waals surface area contributed by atoms with Crippen LogP contribution in [0.1, 0.15) is 65.7 Å². The zero-order valence-electron chi connectivity index (χ0n) is 10.3. The van der Waals surface area contributed by atoms with Crippen LogP contribution in [0.2, 0.25) is 0 Å². The van der Waals surface area contributed by atoms with Gasteiger partial charge in [0.25, 0.3) is 0 Å². The average molecular weight is 197 g/mol. The molecule has 0 aromatic heterocycles. The van der Waals surface area contributed by atoms with Crippen LogP contribution in [-0.2, 0) is 0 Å². The van der Waals surface area contributed by atoms with E-state index in [0.717, 1.165) is 12.1 Å². The molecule has 1 rings (SSSR count). The topological polar surface area (TPSA) is 3.24 Å². The molecule has 0 unspecified atom stereocenters. The molecule has 0 radical (unpaired) electrons. The highest BCUT2D eigenvalue weighted by molar-refractivity contribution is 4.77. The highest BCUT2D eigenvalue weighted by atomic mass is 15.2. The summed E-state index contributed by atoms with van der Waals surface area (Å²) >= 11 is 0. The minimum Gasteiger partial charge on any atom is -0.298 e. The summed E-state index contributed by atoms with van der Waals surface area (Å²) in [5, 5.41) is 0. The van der Waals surface area contributed by atoms with Crippen LogP contribution in [0.3, 0.4) is 0 Å². The first-order chi connectivity index (χ1) is 6.75. The van der Waals surface area contributed by atoms with Crippen LogP contribution in [0.25, 0.3) is 0 Å². The summed E-state index contributed by atoms with van der Waals surface area (Å²) in [6.07, 6.45) is 9.98. The van der Waals surface area contributed by atoms with Gasteiger partial charge in [0.15, 0.2) is 0 Å². The first-order valence-corrected chi connectivity index (χ1v) is 6.51. The molecule has 0 amide bonds. The van der Waals surface area contributed by atoms with Crippen LogP contribution in [0.15, 0.2) is 0 Å². The van der Waals surface area contributed by atoms with Crippen molar-refractivity contribution < 1.29 is 0 Å². The lowest BCUT2D eigenvalue weighted by atomic mass is 9.93. The van der Waals surface area contributed by atoms with Crippen molar-refractivity contribution in [2.45, 2.75) is 77.8 Å². The molecule has 0 aliphatic heterocycles. The van der Waals surface area contributed by atoms with Gasteiger partial charge in [0.2, 0.25) is 0 Å². The van der Waals surface area contributed by atoms with E-state index in [1.54, 1.807) is 0 Å². The molecular formula is C13H27N. The van der Waals surface area contributed by atoms with Crippen molar-refractivity contribution in [2.24, 2.45) is 0 Å². The quantitative estimate of drug-likeness (QED) is 0.647. The van der Waals surface area contributed by atoms with Gasteiger partial charge in [-0.05, 0) is 39.7 Å². The van der Waals surface area contributed by atoms with Crippen molar-refractivity contribution >= 4 is 0 Å². The van der Waals surface area contributed by atoms with Gasteiger partial charge >= 0.3 is 0 Å². The van der Waals surface area contributed by atoms with Gasteiger partial charge in [0.1, 0.15) is 0 Å². The SMILES string of the molecule is CCCCN(C(C)C)C1CCCCC1. The Bertz CT molecular complexity index is 136. The fourth-order valence-electron chi connectivity index (χ4n) is 2.62. The molecule has 0 N–H and O–H groups in total. The molecule has 0 saturated heterocycles. The average Bonchev–Trinajstić information content (AvgIpc) is 2.19. The molecule has 0 aromatic rings. The molecule has 1 aliphatic rings. The second kappa shape index (κ2) is 6.44. The Labute approximate surface area is 89.9 Å². The van der Waals surface area contributed by atoms with Gasteiger partial charge in [0, 0.05) is 12.1 Å². The lowest BCUT2D eigenvalue weighted by Gasteiger charge is -2.37. The summed E-state index contributed by atoms with van der Waals surface area (Å²) in [6, 6.07) is 1.64. The van der Waals surface area contributed by atoms with Gasteiger partial charge in [-0.1, -0.05) is 32.6 Å². The molecule has 0 aromatic carbocycles. The fraction of sp³-hybridized carbons (Fsp3) is 1.00. The molecule has 0 heterocycles. The molecule has 1 aliphatic carbocycles. The van der Waals surface area contributed by atoms with Gasteiger partial charge in [-0.2, -0.15) is 0 Å². The van der Waals surface area contributed by atoms with Crippen LogP contribution < -0.4 is 0 Å². The lowest BCUT2D eigenvalue weighted by Crippen LogP contribution is -2.42. The predicted octanol–water partition coefficient (Wildman–Crippen LogP) is 3.83. The first-order valence-electron chi connectivity index (χ1n) is 6.51. The summed E-state index contributed by atoms with van der Waals surface area (Å²) in [7, 11) is 0. The standard InChI is InChI=1S/C13H27N/c1-4-5-11-14(12(2)3)13-9-7-6-8-10-13/h12-13H,4-11H2,1-3H3. The normalized spacial score (nSPS) is 19.5. The van der Waals surface area contributed by atoms with Crippen molar-refractivity contribution in [3.8, 4) is 0 Å². The van der Waals surface area contributed by atoms with Crippen LogP contribution in [-0.4, -0.2) is 23.5 Å². The summed E-state index contributed by atoms with van der Waals surface area (Å²) in [4.78, 5) is 2.74. The van der Waals surface area contributed by atoms with Gasteiger partial charge in [0.05, 0.1) is 0 Å². The Morgan fingerprint density at radius 3 is 2.29 bits per heavy atom. The largest absolute Gasteiger partial charge is 0.298 e. The van der Waals surface area contributed by atoms with E-state index in [1.807, 2.05) is 0 Å². The zero-order chi connectivity index (χ0) is 10.4. The summed E-state index contributed by atoms with van der Waals surface area (Å²) < 4.78 is 0. The third-order valence-corrected chi connectivity index (χ3v) is 3.48. The van der Waals surface area contributed by atoms with E-state index in [0.29, 0.717) is 0 Å². The highest BCUT2D eigenvalue weighted by Crippen LogP contribution is 2.24. The summed E-state index contributed by atoms with van der Waals surface area (Å²) in [6.45, 7) is 8.31. The van der Waals surface area contributed by atoms with Gasteiger partial charge in [-0.25, -0.2) is 0 Å². The highest BCUT2D eigenvalue weighted by Gasteiger charge is 2.22. The Balaban J connectivity index is 2.39. The third kappa shape index (κ3) is 3.61. The van der Waals surface area contributed by atoms with E-state index in [-0.39, 0.29) is 0 Å². The van der Waals surface area contributed by atoms with Crippen molar-refractivity contribution in [1.29, 1.82) is 0 Å². The molecule has 0 atom stereocenters. The van der Waals surface area contributed by atoms with E-state index in [2.05, 4.69) is 25.7 Å². The van der Waals surface area contributed by atoms with Crippen molar-refractivity contribution in [3.63, 3.8) is 0 Å². The molecule has 1 heteroatoms. The van der Waals surface area contributed by atoms with Gasteiger partial charge in [-0.15, -0.1) is 0 Å². The molecule has 14 heavy (non-hydrogen) atoms. The second-order valence-electron chi connectivity index (χ2n) is 4.98. The summed E-state index contributed by atoms with van der Waals surface area (Å²) in [5.74, 6) is 0. The fourth-order valence-corrected chi connectivity index (χ4v) is 2.62. The maximum atomic E-state index is 2.74. The Morgan fingerprint density at radius 2 is 1.79 bits per heavy atom. The lowest BCUT2D eigenvalue weighted by molar-refractivity contribution is 0.119. The first kappa shape index (κ1) is 12.0. The van der Waals surface area contributed by atoms with Crippen LogP contribution in [0.5, 0.6) is 0 Å². The molecular weight excluding hydrogens is 170 g/mol. The number of nitrogens with zero attached hydrogens (tertiary/aromatic N) is 1. The molecule has 1 saturated carbocycles. The summed E-state index contributed by atoms with van der Waals surface area (Å²) in [5.41, 5.74) is 0. The Hall–Kier alpha value is -0.0400. The smallest absolute Gasteiger partial charge is 0.00979 e.